The maximum atomic E-state index is 5.69. The van der Waals surface area contributed by atoms with Gasteiger partial charge in [0.1, 0.15) is 0 Å². The van der Waals surface area contributed by atoms with Gasteiger partial charge in [-0.1, -0.05) is 49.4 Å². The van der Waals surface area contributed by atoms with Gasteiger partial charge in [0.05, 0.1) is 0 Å². The Morgan fingerprint density at radius 3 is 2.32 bits per heavy atom. The van der Waals surface area contributed by atoms with Crippen LogP contribution in [-0.4, -0.2) is 5.75 Å². The van der Waals surface area contributed by atoms with Crippen LogP contribution in [0, 0.1) is 0 Å². The van der Waals surface area contributed by atoms with Crippen LogP contribution in [0.3, 0.4) is 0 Å². The molecule has 2 aromatic rings. The van der Waals surface area contributed by atoms with Crippen molar-refractivity contribution < 1.29 is 0 Å². The summed E-state index contributed by atoms with van der Waals surface area (Å²) in [6.07, 6.45) is 0.900. The van der Waals surface area contributed by atoms with Crippen LogP contribution in [0.15, 0.2) is 59.5 Å². The molecule has 0 bridgehead atoms. The lowest BCUT2D eigenvalue weighted by molar-refractivity contribution is 0.551. The quantitative estimate of drug-likeness (QED) is 0.480. The van der Waals surface area contributed by atoms with Gasteiger partial charge in [0, 0.05) is 10.9 Å². The number of benzene rings is 2. The molecule has 2 nitrogen and oxygen atoms in total. The second-order valence-corrected chi connectivity index (χ2v) is 5.75. The normalized spacial score (nSPS) is 12.3. The van der Waals surface area contributed by atoms with E-state index in [0.29, 0.717) is 0 Å². The Kier molecular flexibility index (Phi) is 5.45. The Balaban J connectivity index is 2.08. The van der Waals surface area contributed by atoms with Crippen molar-refractivity contribution in [1.29, 1.82) is 0 Å². The van der Waals surface area contributed by atoms with Crippen LogP contribution in [0.4, 0.5) is 0 Å². The molecule has 0 aliphatic heterocycles. The molecule has 1 atom stereocenters. The zero-order valence-corrected chi connectivity index (χ0v) is 12.0. The van der Waals surface area contributed by atoms with E-state index >= 15 is 0 Å². The average Bonchev–Trinajstić information content (AvgIpc) is 2.47. The van der Waals surface area contributed by atoms with Gasteiger partial charge in [-0.3, -0.25) is 11.3 Å². The predicted octanol–water partition coefficient (Wildman–Crippen LogP) is 3.55. The van der Waals surface area contributed by atoms with Gasteiger partial charge in [-0.2, -0.15) is 0 Å². The van der Waals surface area contributed by atoms with Crippen molar-refractivity contribution in [2.24, 2.45) is 5.84 Å². The molecule has 2 aromatic carbocycles. The SMILES string of the molecule is CCSc1ccc(C(Cc2ccccc2)NN)cc1. The van der Waals surface area contributed by atoms with Gasteiger partial charge in [0.2, 0.25) is 0 Å². The molecule has 0 amide bonds. The molecule has 3 N–H and O–H groups in total. The fourth-order valence-electron chi connectivity index (χ4n) is 2.09. The van der Waals surface area contributed by atoms with Gasteiger partial charge in [-0.25, -0.2) is 0 Å². The zero-order chi connectivity index (χ0) is 13.5. The largest absolute Gasteiger partial charge is 0.271 e. The summed E-state index contributed by atoms with van der Waals surface area (Å²) >= 11 is 1.86. The van der Waals surface area contributed by atoms with E-state index in [0.717, 1.165) is 12.2 Å². The first-order valence-corrected chi connectivity index (χ1v) is 7.55. The summed E-state index contributed by atoms with van der Waals surface area (Å²) in [6, 6.07) is 19.2. The molecule has 19 heavy (non-hydrogen) atoms. The van der Waals surface area contributed by atoms with Gasteiger partial charge in [-0.05, 0) is 35.4 Å². The minimum Gasteiger partial charge on any atom is -0.271 e. The standard InChI is InChI=1S/C16H20N2S/c1-2-19-15-10-8-14(9-11-15)16(18-17)12-13-6-4-3-5-7-13/h3-11,16,18H,2,12,17H2,1H3. The zero-order valence-electron chi connectivity index (χ0n) is 11.2. The summed E-state index contributed by atoms with van der Waals surface area (Å²) in [5.74, 6) is 6.79. The van der Waals surface area contributed by atoms with Crippen molar-refractivity contribution in [2.75, 3.05) is 5.75 Å². The molecular formula is C16H20N2S. The Bertz CT molecular complexity index is 482. The molecule has 0 spiro atoms. The number of rotatable bonds is 6. The molecule has 0 aliphatic rings. The van der Waals surface area contributed by atoms with E-state index in [9.17, 15) is 0 Å². The Morgan fingerprint density at radius 1 is 1.05 bits per heavy atom. The molecule has 0 saturated heterocycles. The molecule has 3 heteroatoms. The van der Waals surface area contributed by atoms with Crippen molar-refractivity contribution in [2.45, 2.75) is 24.3 Å². The molecule has 0 fully saturated rings. The van der Waals surface area contributed by atoms with Crippen LogP contribution >= 0.6 is 11.8 Å². The average molecular weight is 272 g/mol. The van der Waals surface area contributed by atoms with Crippen molar-refractivity contribution in [1.82, 2.24) is 5.43 Å². The molecule has 2 rings (SSSR count). The van der Waals surface area contributed by atoms with E-state index in [4.69, 9.17) is 5.84 Å². The number of nitrogens with one attached hydrogen (secondary N) is 1. The fourth-order valence-corrected chi connectivity index (χ4v) is 2.75. The monoisotopic (exact) mass is 272 g/mol. The van der Waals surface area contributed by atoms with Crippen molar-refractivity contribution >= 4 is 11.8 Å². The highest BCUT2D eigenvalue weighted by Gasteiger charge is 2.10. The second kappa shape index (κ2) is 7.34. The third kappa shape index (κ3) is 4.10. The minimum absolute atomic E-state index is 0.156. The number of hydrogen-bond acceptors (Lipinski definition) is 3. The van der Waals surface area contributed by atoms with Crippen LogP contribution in [0.25, 0.3) is 0 Å². The van der Waals surface area contributed by atoms with Gasteiger partial charge >= 0.3 is 0 Å². The van der Waals surface area contributed by atoms with E-state index in [-0.39, 0.29) is 6.04 Å². The van der Waals surface area contributed by atoms with Crippen LogP contribution in [0.5, 0.6) is 0 Å². The molecule has 100 valence electrons. The predicted molar refractivity (Wildman–Crippen MR) is 83.1 cm³/mol. The molecule has 0 saturated carbocycles. The van der Waals surface area contributed by atoms with E-state index in [1.807, 2.05) is 17.8 Å². The topological polar surface area (TPSA) is 38.0 Å². The van der Waals surface area contributed by atoms with Crippen molar-refractivity contribution in [3.63, 3.8) is 0 Å². The number of nitrogens with two attached hydrogens (primary N) is 1. The van der Waals surface area contributed by atoms with E-state index in [2.05, 4.69) is 60.9 Å². The van der Waals surface area contributed by atoms with E-state index in [1.165, 1.54) is 16.0 Å². The molecule has 1 unspecified atom stereocenters. The first kappa shape index (κ1) is 14.1. The molecular weight excluding hydrogens is 252 g/mol. The molecule has 0 aliphatic carbocycles. The summed E-state index contributed by atoms with van der Waals surface area (Å²) in [4.78, 5) is 1.31. The van der Waals surface area contributed by atoms with Crippen molar-refractivity contribution in [3.05, 3.63) is 65.7 Å². The lowest BCUT2D eigenvalue weighted by atomic mass is 9.99. The van der Waals surface area contributed by atoms with Gasteiger partial charge in [0.15, 0.2) is 0 Å². The third-order valence-corrected chi connectivity index (χ3v) is 3.97. The van der Waals surface area contributed by atoms with Crippen molar-refractivity contribution in [3.8, 4) is 0 Å². The number of hydrogen-bond donors (Lipinski definition) is 2. The molecule has 0 heterocycles. The summed E-state index contributed by atoms with van der Waals surface area (Å²) in [5.41, 5.74) is 5.43. The third-order valence-electron chi connectivity index (χ3n) is 3.08. The lowest BCUT2D eigenvalue weighted by Crippen LogP contribution is -2.29. The second-order valence-electron chi connectivity index (χ2n) is 4.41. The van der Waals surface area contributed by atoms with Gasteiger partial charge in [0.25, 0.3) is 0 Å². The lowest BCUT2D eigenvalue weighted by Gasteiger charge is -2.16. The minimum atomic E-state index is 0.156. The molecule has 0 aromatic heterocycles. The Morgan fingerprint density at radius 2 is 1.74 bits per heavy atom. The first-order chi connectivity index (χ1) is 9.33. The first-order valence-electron chi connectivity index (χ1n) is 6.56. The Hall–Kier alpha value is -1.29. The van der Waals surface area contributed by atoms with Gasteiger partial charge in [-0.15, -0.1) is 11.8 Å². The summed E-state index contributed by atoms with van der Waals surface area (Å²) in [7, 11) is 0. The van der Waals surface area contributed by atoms with Crippen LogP contribution in [-0.2, 0) is 6.42 Å². The Labute approximate surface area is 119 Å². The summed E-state index contributed by atoms with van der Waals surface area (Å²) in [6.45, 7) is 2.16. The summed E-state index contributed by atoms with van der Waals surface area (Å²) < 4.78 is 0. The van der Waals surface area contributed by atoms with Gasteiger partial charge < -0.3 is 0 Å². The van der Waals surface area contributed by atoms with Crippen LogP contribution in [0.1, 0.15) is 24.1 Å². The van der Waals surface area contributed by atoms with Crippen LogP contribution < -0.4 is 11.3 Å². The highest BCUT2D eigenvalue weighted by atomic mass is 32.2. The smallest absolute Gasteiger partial charge is 0.0500 e. The fraction of sp³-hybridized carbons (Fsp3) is 0.250. The highest BCUT2D eigenvalue weighted by molar-refractivity contribution is 7.99. The van der Waals surface area contributed by atoms with E-state index in [1.54, 1.807) is 0 Å². The van der Waals surface area contributed by atoms with Crippen LogP contribution in [0.2, 0.25) is 0 Å². The highest BCUT2D eigenvalue weighted by Crippen LogP contribution is 2.22. The van der Waals surface area contributed by atoms with E-state index < -0.39 is 0 Å². The maximum absolute atomic E-state index is 5.69. The number of hydrazine groups is 1. The summed E-state index contributed by atoms with van der Waals surface area (Å²) in [5, 5.41) is 0. The maximum Gasteiger partial charge on any atom is 0.0500 e. The number of thioether (sulfide) groups is 1. The molecule has 0 radical (unpaired) electrons.